The summed E-state index contributed by atoms with van der Waals surface area (Å²) in [7, 11) is 1.25. The van der Waals surface area contributed by atoms with Crippen LogP contribution in [0.15, 0.2) is 52.5 Å². The van der Waals surface area contributed by atoms with Crippen molar-refractivity contribution in [3.8, 4) is 5.75 Å². The maximum atomic E-state index is 13.0. The lowest BCUT2D eigenvalue weighted by Crippen LogP contribution is -2.31. The first-order chi connectivity index (χ1) is 15.5. The normalized spacial score (nSPS) is 13.8. The van der Waals surface area contributed by atoms with E-state index in [2.05, 4.69) is 10.3 Å². The number of aliphatic hydroxyl groups is 1. The van der Waals surface area contributed by atoms with Crippen LogP contribution < -0.4 is 15.5 Å². The molecule has 1 amide bonds. The molecule has 2 aromatic carbocycles. The minimum atomic E-state index is -0.619. The maximum absolute atomic E-state index is 13.0. The van der Waals surface area contributed by atoms with E-state index in [4.69, 9.17) is 9.47 Å². The number of amides is 1. The first-order valence-corrected chi connectivity index (χ1v) is 10.2. The Kier molecular flexibility index (Phi) is 5.83. The number of esters is 1. The molecule has 0 radical (unpaired) electrons. The Labute approximate surface area is 183 Å². The second kappa shape index (κ2) is 8.72. The van der Waals surface area contributed by atoms with E-state index in [0.717, 1.165) is 0 Å². The van der Waals surface area contributed by atoms with Crippen molar-refractivity contribution in [1.82, 2.24) is 9.88 Å². The summed E-state index contributed by atoms with van der Waals surface area (Å²) in [6, 6.07) is 10.3. The van der Waals surface area contributed by atoms with Gasteiger partial charge in [0.15, 0.2) is 5.43 Å². The summed E-state index contributed by atoms with van der Waals surface area (Å²) in [4.78, 5) is 42.5. The number of aliphatic hydroxyl groups excluding tert-OH is 1. The molecule has 9 heteroatoms. The van der Waals surface area contributed by atoms with Crippen LogP contribution in [0.25, 0.3) is 21.8 Å². The molecule has 166 valence electrons. The zero-order chi connectivity index (χ0) is 22.8. The van der Waals surface area contributed by atoms with Gasteiger partial charge in [0.25, 0.3) is 5.91 Å². The first-order valence-electron chi connectivity index (χ1n) is 10.2. The Hall–Kier alpha value is -3.85. The highest BCUT2D eigenvalue weighted by Crippen LogP contribution is 2.26. The second-order valence-electron chi connectivity index (χ2n) is 7.28. The number of β-amino-alcohol motifs (C(OH)–C–C–N with tert-alkyl or cyclic N) is 1. The molecule has 9 nitrogen and oxygen atoms in total. The molecule has 0 unspecified atom stereocenters. The fraction of sp³-hybridized carbons (Fsp3) is 0.261. The zero-order valence-electron chi connectivity index (χ0n) is 17.7. The minimum absolute atomic E-state index is 0.0472. The average Bonchev–Trinajstić information content (AvgIpc) is 3.09. The Bertz CT molecular complexity index is 1310. The first kappa shape index (κ1) is 21.4. The number of nitrogens with one attached hydrogen (secondary N) is 2. The number of hydrogen-bond acceptors (Lipinski definition) is 7. The third kappa shape index (κ3) is 3.78. The van der Waals surface area contributed by atoms with E-state index in [-0.39, 0.29) is 36.4 Å². The van der Waals surface area contributed by atoms with E-state index < -0.39 is 11.9 Å². The fourth-order valence-corrected chi connectivity index (χ4v) is 3.78. The van der Waals surface area contributed by atoms with Gasteiger partial charge in [0.1, 0.15) is 11.4 Å². The Morgan fingerprint density at radius 2 is 1.97 bits per heavy atom. The van der Waals surface area contributed by atoms with E-state index in [1.165, 1.54) is 12.0 Å². The van der Waals surface area contributed by atoms with Crippen LogP contribution in [0.1, 0.15) is 6.92 Å². The summed E-state index contributed by atoms with van der Waals surface area (Å²) < 4.78 is 10.3. The number of ether oxygens (including phenoxy) is 2. The highest BCUT2D eigenvalue weighted by Gasteiger charge is 2.34. The molecule has 3 aromatic rings. The summed E-state index contributed by atoms with van der Waals surface area (Å²) in [5.74, 6) is -0.404. The van der Waals surface area contributed by atoms with E-state index in [9.17, 15) is 19.5 Å². The van der Waals surface area contributed by atoms with Gasteiger partial charge in [-0.25, -0.2) is 4.79 Å². The van der Waals surface area contributed by atoms with Crippen molar-refractivity contribution >= 4 is 39.4 Å². The van der Waals surface area contributed by atoms with Crippen LogP contribution in [0, 0.1) is 0 Å². The van der Waals surface area contributed by atoms with Crippen LogP contribution in [0.5, 0.6) is 5.75 Å². The van der Waals surface area contributed by atoms with E-state index in [0.29, 0.717) is 39.8 Å². The summed E-state index contributed by atoms with van der Waals surface area (Å²) in [6.45, 7) is 2.31. The number of H-pyrrole nitrogens is 1. The second-order valence-corrected chi connectivity index (χ2v) is 7.28. The van der Waals surface area contributed by atoms with Crippen molar-refractivity contribution in [3.05, 3.63) is 57.9 Å². The molecule has 2 heterocycles. The summed E-state index contributed by atoms with van der Waals surface area (Å²) in [5, 5.41) is 13.2. The van der Waals surface area contributed by atoms with Crippen LogP contribution in [0.2, 0.25) is 0 Å². The van der Waals surface area contributed by atoms with E-state index >= 15 is 0 Å². The van der Waals surface area contributed by atoms with E-state index in [1.807, 2.05) is 6.92 Å². The van der Waals surface area contributed by atoms with Crippen molar-refractivity contribution in [2.75, 3.05) is 38.7 Å². The molecular weight excluding hydrogens is 414 g/mol. The number of anilines is 1. The summed E-state index contributed by atoms with van der Waals surface area (Å²) in [5.41, 5.74) is 1.89. The van der Waals surface area contributed by atoms with Gasteiger partial charge in [-0.3, -0.25) is 9.59 Å². The molecule has 0 aliphatic carbocycles. The number of benzene rings is 2. The van der Waals surface area contributed by atoms with Gasteiger partial charge in [0.05, 0.1) is 43.5 Å². The zero-order valence-corrected chi connectivity index (χ0v) is 17.7. The smallest absolute Gasteiger partial charge is 0.337 e. The molecule has 0 fully saturated rings. The highest BCUT2D eigenvalue weighted by molar-refractivity contribution is 6.08. The minimum Gasteiger partial charge on any atom is -0.494 e. The molecule has 0 saturated carbocycles. The molecular formula is C23H23N3O6. The van der Waals surface area contributed by atoms with Crippen LogP contribution in [0.4, 0.5) is 5.69 Å². The topological polar surface area (TPSA) is 121 Å². The number of carbonyl (C=O) groups is 2. The number of hydrogen-bond donors (Lipinski definition) is 3. The number of aromatic nitrogens is 1. The molecule has 1 aliphatic heterocycles. The fourth-order valence-electron chi connectivity index (χ4n) is 3.78. The van der Waals surface area contributed by atoms with Crippen molar-refractivity contribution in [3.63, 3.8) is 0 Å². The standard InChI is InChI=1S/C23H23N3O6/c1-3-32-14-5-7-18-16(11-14)21(28)15-6-4-13(10-19(15)25-18)24-20-17(23(30)31-2)12-26(8-9-27)22(20)29/h4-7,10-11,24,27H,3,8-9,12H2,1-2H3,(H,25,28). The molecule has 0 atom stereocenters. The number of nitrogens with zero attached hydrogens (tertiary/aromatic N) is 1. The number of aromatic amines is 1. The number of methoxy groups -OCH3 is 1. The predicted octanol–water partition coefficient (Wildman–Crippen LogP) is 1.75. The molecule has 1 aliphatic rings. The SMILES string of the molecule is CCOc1ccc2[nH]c3cc(NC4=C(C(=O)OC)CN(CCO)C4=O)ccc3c(=O)c2c1. The van der Waals surface area contributed by atoms with Crippen LogP contribution >= 0.6 is 0 Å². The van der Waals surface area contributed by atoms with Crippen molar-refractivity contribution in [1.29, 1.82) is 0 Å². The lowest BCUT2D eigenvalue weighted by atomic mass is 10.1. The lowest BCUT2D eigenvalue weighted by Gasteiger charge is -2.15. The van der Waals surface area contributed by atoms with Gasteiger partial charge in [0.2, 0.25) is 0 Å². The number of pyridine rings is 1. The van der Waals surface area contributed by atoms with Crippen LogP contribution in [-0.4, -0.2) is 60.3 Å². The quantitative estimate of drug-likeness (QED) is 0.380. The summed E-state index contributed by atoms with van der Waals surface area (Å²) in [6.07, 6.45) is 0. The van der Waals surface area contributed by atoms with Crippen LogP contribution in [-0.2, 0) is 14.3 Å². The van der Waals surface area contributed by atoms with Crippen molar-refractivity contribution in [2.24, 2.45) is 0 Å². The number of rotatable bonds is 7. The van der Waals surface area contributed by atoms with Crippen molar-refractivity contribution < 1.29 is 24.2 Å². The monoisotopic (exact) mass is 437 g/mol. The van der Waals surface area contributed by atoms with Gasteiger partial charge in [0, 0.05) is 23.0 Å². The molecule has 0 bridgehead atoms. The number of carbonyl (C=O) groups excluding carboxylic acids is 2. The Morgan fingerprint density at radius 3 is 2.69 bits per heavy atom. The third-order valence-electron chi connectivity index (χ3n) is 5.30. The molecule has 3 N–H and O–H groups in total. The molecule has 4 rings (SSSR count). The highest BCUT2D eigenvalue weighted by atomic mass is 16.5. The molecule has 32 heavy (non-hydrogen) atoms. The predicted molar refractivity (Wildman–Crippen MR) is 120 cm³/mol. The Balaban J connectivity index is 1.74. The third-order valence-corrected chi connectivity index (χ3v) is 5.30. The van der Waals surface area contributed by atoms with Gasteiger partial charge in [-0.1, -0.05) is 0 Å². The van der Waals surface area contributed by atoms with Gasteiger partial charge >= 0.3 is 5.97 Å². The average molecular weight is 437 g/mol. The molecule has 1 aromatic heterocycles. The van der Waals surface area contributed by atoms with Gasteiger partial charge in [-0.15, -0.1) is 0 Å². The van der Waals surface area contributed by atoms with Gasteiger partial charge in [-0.05, 0) is 43.3 Å². The molecule has 0 saturated heterocycles. The summed E-state index contributed by atoms with van der Waals surface area (Å²) >= 11 is 0. The number of fused-ring (bicyclic) bond motifs is 2. The molecule has 0 spiro atoms. The van der Waals surface area contributed by atoms with E-state index in [1.54, 1.807) is 36.4 Å². The van der Waals surface area contributed by atoms with Gasteiger partial charge < -0.3 is 29.8 Å². The van der Waals surface area contributed by atoms with Crippen molar-refractivity contribution in [2.45, 2.75) is 6.92 Å². The van der Waals surface area contributed by atoms with Crippen LogP contribution in [0.3, 0.4) is 0 Å². The van der Waals surface area contributed by atoms with Gasteiger partial charge in [-0.2, -0.15) is 0 Å². The Morgan fingerprint density at radius 1 is 1.16 bits per heavy atom. The maximum Gasteiger partial charge on any atom is 0.337 e. The largest absolute Gasteiger partial charge is 0.494 e. The lowest BCUT2D eigenvalue weighted by molar-refractivity contribution is -0.136.